The molecule has 0 spiro atoms. The number of aliphatic hydroxyl groups excluding tert-OH is 1. The zero-order chi connectivity index (χ0) is 13.2. The molecule has 3 atom stereocenters. The fourth-order valence-corrected chi connectivity index (χ4v) is 3.97. The predicted molar refractivity (Wildman–Crippen MR) is 74.6 cm³/mol. The molecule has 1 saturated heterocycles. The van der Waals surface area contributed by atoms with Gasteiger partial charge in [0.2, 0.25) is 5.13 Å². The molecule has 19 heavy (non-hydrogen) atoms. The number of hydrogen-bond donors (Lipinski definition) is 1. The molecule has 0 aromatic carbocycles. The lowest BCUT2D eigenvalue weighted by Gasteiger charge is -2.43. The van der Waals surface area contributed by atoms with Gasteiger partial charge >= 0.3 is 0 Å². The lowest BCUT2D eigenvalue weighted by Crippen LogP contribution is -2.53. The van der Waals surface area contributed by atoms with Crippen molar-refractivity contribution in [3.8, 4) is 0 Å². The molecule has 1 aliphatic carbocycles. The molecular weight excluding hydrogens is 262 g/mol. The van der Waals surface area contributed by atoms with Gasteiger partial charge in [-0.1, -0.05) is 12.8 Å². The summed E-state index contributed by atoms with van der Waals surface area (Å²) in [5, 5.41) is 11.3. The molecule has 1 aliphatic heterocycles. The quantitative estimate of drug-likeness (QED) is 0.893. The normalized spacial score (nSPS) is 32.5. The zero-order valence-electron chi connectivity index (χ0n) is 11.3. The molecule has 2 fully saturated rings. The molecule has 1 saturated carbocycles. The first-order valence-corrected chi connectivity index (χ1v) is 7.86. The molecule has 3 rings (SSSR count). The molecule has 2 aliphatic rings. The van der Waals surface area contributed by atoms with E-state index >= 15 is 0 Å². The van der Waals surface area contributed by atoms with Crippen molar-refractivity contribution in [3.05, 3.63) is 5.82 Å². The van der Waals surface area contributed by atoms with Gasteiger partial charge in [-0.15, -0.1) is 0 Å². The number of rotatable bonds is 2. The van der Waals surface area contributed by atoms with Crippen LogP contribution in [0.2, 0.25) is 0 Å². The standard InChI is InChI=1S/C13H21N3O2S/c1-9-14-13(19-15-9)16-6-7-18-8-11(16)10-4-2-3-5-12(10)17/h10-12,17H,2-8H2,1H3. The van der Waals surface area contributed by atoms with Crippen molar-refractivity contribution in [1.82, 2.24) is 9.36 Å². The Kier molecular flexibility index (Phi) is 4.00. The first-order valence-electron chi connectivity index (χ1n) is 7.08. The Hall–Kier alpha value is -0.720. The average molecular weight is 283 g/mol. The summed E-state index contributed by atoms with van der Waals surface area (Å²) in [4.78, 5) is 6.80. The Balaban J connectivity index is 1.80. The maximum atomic E-state index is 10.3. The Morgan fingerprint density at radius 3 is 2.95 bits per heavy atom. The van der Waals surface area contributed by atoms with Crippen LogP contribution in [0.25, 0.3) is 0 Å². The molecule has 1 aromatic heterocycles. The van der Waals surface area contributed by atoms with Crippen LogP contribution < -0.4 is 4.90 Å². The summed E-state index contributed by atoms with van der Waals surface area (Å²) in [5.41, 5.74) is 0. The van der Waals surface area contributed by atoms with Crippen LogP contribution in [0, 0.1) is 12.8 Å². The third-order valence-electron chi connectivity index (χ3n) is 4.20. The molecule has 0 radical (unpaired) electrons. The van der Waals surface area contributed by atoms with Gasteiger partial charge in [-0.2, -0.15) is 4.37 Å². The van der Waals surface area contributed by atoms with Gasteiger partial charge in [0, 0.05) is 24.0 Å². The summed E-state index contributed by atoms with van der Waals surface area (Å²) in [6.45, 7) is 4.20. The zero-order valence-corrected chi connectivity index (χ0v) is 12.1. The molecular formula is C13H21N3O2S. The number of anilines is 1. The van der Waals surface area contributed by atoms with E-state index in [0.717, 1.165) is 43.4 Å². The van der Waals surface area contributed by atoms with E-state index in [4.69, 9.17) is 4.74 Å². The molecule has 5 nitrogen and oxygen atoms in total. The van der Waals surface area contributed by atoms with Crippen LogP contribution in [0.1, 0.15) is 31.5 Å². The summed E-state index contributed by atoms with van der Waals surface area (Å²) >= 11 is 1.45. The summed E-state index contributed by atoms with van der Waals surface area (Å²) in [5.74, 6) is 1.13. The van der Waals surface area contributed by atoms with Gasteiger partial charge in [-0.25, -0.2) is 4.98 Å². The highest BCUT2D eigenvalue weighted by Gasteiger charge is 2.37. The van der Waals surface area contributed by atoms with E-state index in [2.05, 4.69) is 14.3 Å². The number of hydrogen-bond acceptors (Lipinski definition) is 6. The molecule has 3 unspecified atom stereocenters. The van der Waals surface area contributed by atoms with Gasteiger partial charge < -0.3 is 14.7 Å². The van der Waals surface area contributed by atoms with Crippen LogP contribution in [0.4, 0.5) is 5.13 Å². The minimum atomic E-state index is -0.197. The number of nitrogens with zero attached hydrogens (tertiary/aromatic N) is 3. The largest absolute Gasteiger partial charge is 0.393 e. The summed E-state index contributed by atoms with van der Waals surface area (Å²) < 4.78 is 9.92. The number of aryl methyl sites for hydroxylation is 1. The van der Waals surface area contributed by atoms with Gasteiger partial charge in [0.15, 0.2) is 0 Å². The van der Waals surface area contributed by atoms with Gasteiger partial charge in [0.05, 0.1) is 25.4 Å². The van der Waals surface area contributed by atoms with E-state index in [1.54, 1.807) is 0 Å². The Morgan fingerprint density at radius 2 is 2.21 bits per heavy atom. The average Bonchev–Trinajstić information content (AvgIpc) is 2.86. The maximum absolute atomic E-state index is 10.3. The van der Waals surface area contributed by atoms with Gasteiger partial charge in [-0.3, -0.25) is 0 Å². The fourth-order valence-electron chi connectivity index (χ4n) is 3.21. The number of aromatic nitrogens is 2. The first-order chi connectivity index (χ1) is 9.25. The molecule has 106 valence electrons. The predicted octanol–water partition coefficient (Wildman–Crippen LogP) is 1.60. The van der Waals surface area contributed by atoms with Crippen LogP contribution in [0.15, 0.2) is 0 Å². The Labute approximate surface area is 117 Å². The number of morpholine rings is 1. The van der Waals surface area contributed by atoms with Crippen LogP contribution in [-0.4, -0.2) is 46.4 Å². The minimum absolute atomic E-state index is 0.197. The Bertz CT molecular complexity index is 426. The maximum Gasteiger partial charge on any atom is 0.205 e. The van der Waals surface area contributed by atoms with Crippen molar-refractivity contribution in [3.63, 3.8) is 0 Å². The third-order valence-corrected chi connectivity index (χ3v) is 5.05. The van der Waals surface area contributed by atoms with E-state index in [1.807, 2.05) is 6.92 Å². The van der Waals surface area contributed by atoms with Crippen LogP contribution in [0.3, 0.4) is 0 Å². The smallest absolute Gasteiger partial charge is 0.205 e. The fraction of sp³-hybridized carbons (Fsp3) is 0.846. The lowest BCUT2D eigenvalue weighted by molar-refractivity contribution is 0.00866. The first kappa shape index (κ1) is 13.3. The van der Waals surface area contributed by atoms with Gasteiger partial charge in [0.1, 0.15) is 5.82 Å². The highest BCUT2D eigenvalue weighted by molar-refractivity contribution is 7.09. The molecule has 0 amide bonds. The van der Waals surface area contributed by atoms with E-state index in [1.165, 1.54) is 18.0 Å². The van der Waals surface area contributed by atoms with Crippen molar-refractivity contribution in [2.75, 3.05) is 24.7 Å². The minimum Gasteiger partial charge on any atom is -0.393 e. The summed E-state index contributed by atoms with van der Waals surface area (Å²) in [7, 11) is 0. The summed E-state index contributed by atoms with van der Waals surface area (Å²) in [6, 6.07) is 0.247. The topological polar surface area (TPSA) is 58.5 Å². The summed E-state index contributed by atoms with van der Waals surface area (Å²) in [6.07, 6.45) is 4.16. The second-order valence-corrected chi connectivity index (χ2v) is 6.21. The van der Waals surface area contributed by atoms with E-state index < -0.39 is 0 Å². The van der Waals surface area contributed by atoms with E-state index in [-0.39, 0.29) is 12.1 Å². The van der Waals surface area contributed by atoms with E-state index in [9.17, 15) is 5.11 Å². The molecule has 2 heterocycles. The number of aliphatic hydroxyl groups is 1. The second kappa shape index (κ2) is 5.73. The van der Waals surface area contributed by atoms with E-state index in [0.29, 0.717) is 12.5 Å². The highest BCUT2D eigenvalue weighted by atomic mass is 32.1. The molecule has 1 aromatic rings. The Morgan fingerprint density at radius 1 is 1.37 bits per heavy atom. The molecule has 1 N–H and O–H groups in total. The lowest BCUT2D eigenvalue weighted by atomic mass is 9.81. The number of ether oxygens (including phenoxy) is 1. The van der Waals surface area contributed by atoms with Crippen molar-refractivity contribution in [2.24, 2.45) is 5.92 Å². The second-order valence-electron chi connectivity index (χ2n) is 5.48. The van der Waals surface area contributed by atoms with Crippen LogP contribution in [0.5, 0.6) is 0 Å². The molecule has 6 heteroatoms. The monoisotopic (exact) mass is 283 g/mol. The van der Waals surface area contributed by atoms with Crippen molar-refractivity contribution < 1.29 is 9.84 Å². The highest BCUT2D eigenvalue weighted by Crippen LogP contribution is 2.33. The third kappa shape index (κ3) is 2.75. The van der Waals surface area contributed by atoms with Gasteiger partial charge in [0.25, 0.3) is 0 Å². The van der Waals surface area contributed by atoms with Crippen LogP contribution in [-0.2, 0) is 4.74 Å². The SMILES string of the molecule is Cc1nsc(N2CCOCC2C2CCCCC2O)n1. The van der Waals surface area contributed by atoms with Crippen molar-refractivity contribution in [2.45, 2.75) is 44.8 Å². The molecule has 0 bridgehead atoms. The van der Waals surface area contributed by atoms with Crippen molar-refractivity contribution >= 4 is 16.7 Å². The van der Waals surface area contributed by atoms with Crippen molar-refractivity contribution in [1.29, 1.82) is 0 Å². The van der Waals surface area contributed by atoms with Gasteiger partial charge in [-0.05, 0) is 19.8 Å². The van der Waals surface area contributed by atoms with Crippen LogP contribution >= 0.6 is 11.5 Å².